The summed E-state index contributed by atoms with van der Waals surface area (Å²) < 4.78 is 0. The number of nitrogens with zero attached hydrogens (tertiary/aromatic N) is 4. The lowest BCUT2D eigenvalue weighted by atomic mass is 10.1. The molecule has 0 saturated carbocycles. The first-order valence-electron chi connectivity index (χ1n) is 8.18. The summed E-state index contributed by atoms with van der Waals surface area (Å²) in [6.45, 7) is 0. The van der Waals surface area contributed by atoms with Crippen molar-refractivity contribution >= 4 is 33.8 Å². The Labute approximate surface area is 165 Å². The molecule has 0 aliphatic heterocycles. The largest absolute Gasteiger partial charge is 0.254 e. The Hall–Kier alpha value is -3.09. The van der Waals surface area contributed by atoms with Gasteiger partial charge in [-0.25, -0.2) is 4.98 Å². The Morgan fingerprint density at radius 2 is 1.56 bits per heavy atom. The van der Waals surface area contributed by atoms with E-state index in [9.17, 15) is 0 Å². The van der Waals surface area contributed by atoms with Crippen LogP contribution in [0.25, 0.3) is 11.3 Å². The maximum atomic E-state index is 6.26. The first kappa shape index (κ1) is 17.3. The number of thiazole rings is 1. The number of aromatic nitrogens is 3. The maximum Gasteiger partial charge on any atom is 0.203 e. The Kier molecular flexibility index (Phi) is 5.18. The van der Waals surface area contributed by atoms with Crippen LogP contribution in [0.1, 0.15) is 11.4 Å². The minimum atomic E-state index is 0.644. The van der Waals surface area contributed by atoms with Crippen LogP contribution in [0.3, 0.4) is 0 Å². The van der Waals surface area contributed by atoms with Crippen molar-refractivity contribution < 1.29 is 0 Å². The quantitative estimate of drug-likeness (QED) is 0.379. The lowest BCUT2D eigenvalue weighted by Crippen LogP contribution is -2.10. The van der Waals surface area contributed by atoms with Gasteiger partial charge in [0.2, 0.25) is 5.13 Å². The van der Waals surface area contributed by atoms with Crippen molar-refractivity contribution in [2.24, 2.45) is 5.10 Å². The SMILES string of the molecule is Clc1ccccc1-c1csc(NN=C(c2ccccn2)c2ccccn2)n1. The van der Waals surface area contributed by atoms with E-state index >= 15 is 0 Å². The van der Waals surface area contributed by atoms with Crippen molar-refractivity contribution in [1.29, 1.82) is 0 Å². The smallest absolute Gasteiger partial charge is 0.203 e. The molecule has 4 rings (SSSR count). The molecule has 7 heteroatoms. The first-order valence-corrected chi connectivity index (χ1v) is 9.44. The van der Waals surface area contributed by atoms with Gasteiger partial charge in [0.05, 0.1) is 17.1 Å². The molecule has 27 heavy (non-hydrogen) atoms. The topological polar surface area (TPSA) is 63.1 Å². The van der Waals surface area contributed by atoms with Crippen LogP contribution in [0.15, 0.2) is 83.5 Å². The summed E-state index contributed by atoms with van der Waals surface area (Å²) in [4.78, 5) is 13.3. The molecule has 0 radical (unpaired) electrons. The minimum Gasteiger partial charge on any atom is -0.254 e. The van der Waals surface area contributed by atoms with Crippen molar-refractivity contribution in [2.75, 3.05) is 5.43 Å². The van der Waals surface area contributed by atoms with Crippen molar-refractivity contribution in [3.8, 4) is 11.3 Å². The van der Waals surface area contributed by atoms with Gasteiger partial charge in [0.1, 0.15) is 5.71 Å². The van der Waals surface area contributed by atoms with Gasteiger partial charge in [-0.15, -0.1) is 11.3 Å². The van der Waals surface area contributed by atoms with Gasteiger partial charge in [0, 0.05) is 28.4 Å². The highest BCUT2D eigenvalue weighted by atomic mass is 35.5. The highest BCUT2D eigenvalue weighted by Gasteiger charge is 2.11. The van der Waals surface area contributed by atoms with Gasteiger partial charge in [0.25, 0.3) is 0 Å². The van der Waals surface area contributed by atoms with E-state index in [1.807, 2.05) is 66.0 Å². The van der Waals surface area contributed by atoms with Gasteiger partial charge in [-0.2, -0.15) is 5.10 Å². The van der Waals surface area contributed by atoms with Gasteiger partial charge >= 0.3 is 0 Å². The van der Waals surface area contributed by atoms with E-state index in [4.69, 9.17) is 11.6 Å². The Morgan fingerprint density at radius 3 is 2.19 bits per heavy atom. The number of nitrogens with one attached hydrogen (secondary N) is 1. The predicted octanol–water partition coefficient (Wildman–Crippen LogP) is 5.12. The number of hydrazone groups is 1. The summed E-state index contributed by atoms with van der Waals surface area (Å²) in [5.41, 5.74) is 6.82. The monoisotopic (exact) mass is 391 g/mol. The number of hydrogen-bond acceptors (Lipinski definition) is 6. The number of anilines is 1. The molecule has 0 spiro atoms. The van der Waals surface area contributed by atoms with E-state index in [2.05, 4.69) is 25.5 Å². The van der Waals surface area contributed by atoms with Crippen molar-refractivity contribution in [3.05, 3.63) is 94.8 Å². The third kappa shape index (κ3) is 4.02. The van der Waals surface area contributed by atoms with Crippen LogP contribution < -0.4 is 5.43 Å². The zero-order valence-corrected chi connectivity index (χ0v) is 15.7. The van der Waals surface area contributed by atoms with E-state index in [1.54, 1.807) is 12.4 Å². The number of benzene rings is 1. The fraction of sp³-hybridized carbons (Fsp3) is 0. The molecule has 132 valence electrons. The summed E-state index contributed by atoms with van der Waals surface area (Å²) in [7, 11) is 0. The number of hydrogen-bond donors (Lipinski definition) is 1. The standard InChI is InChI=1S/C20H14ClN5S/c21-15-8-2-1-7-14(15)18-13-27-20(24-18)26-25-19(16-9-3-5-11-22-16)17-10-4-6-12-23-17/h1-13H,(H,24,26). The highest BCUT2D eigenvalue weighted by Crippen LogP contribution is 2.30. The lowest BCUT2D eigenvalue weighted by molar-refractivity contribution is 1.21. The van der Waals surface area contributed by atoms with Gasteiger partial charge in [-0.3, -0.25) is 15.4 Å². The molecule has 0 unspecified atom stereocenters. The average molecular weight is 392 g/mol. The van der Waals surface area contributed by atoms with E-state index in [0.717, 1.165) is 22.6 Å². The second kappa shape index (κ2) is 8.07. The summed E-state index contributed by atoms with van der Waals surface area (Å²) in [5, 5.41) is 7.79. The molecule has 3 aromatic heterocycles. The zero-order chi connectivity index (χ0) is 18.5. The summed E-state index contributed by atoms with van der Waals surface area (Å²) in [6.07, 6.45) is 3.46. The second-order valence-electron chi connectivity index (χ2n) is 5.52. The second-order valence-corrected chi connectivity index (χ2v) is 6.79. The molecule has 0 aliphatic rings. The molecular weight excluding hydrogens is 378 g/mol. The average Bonchev–Trinajstić information content (AvgIpc) is 3.19. The molecule has 0 saturated heterocycles. The molecule has 1 aromatic carbocycles. The van der Waals surface area contributed by atoms with Crippen LogP contribution in [0.4, 0.5) is 5.13 Å². The van der Waals surface area contributed by atoms with E-state index < -0.39 is 0 Å². The van der Waals surface area contributed by atoms with Crippen LogP contribution in [-0.4, -0.2) is 20.7 Å². The summed E-state index contributed by atoms with van der Waals surface area (Å²) in [6, 6.07) is 19.0. The van der Waals surface area contributed by atoms with Crippen LogP contribution in [0, 0.1) is 0 Å². The van der Waals surface area contributed by atoms with Gasteiger partial charge < -0.3 is 0 Å². The molecule has 3 heterocycles. The first-order chi connectivity index (χ1) is 13.3. The van der Waals surface area contributed by atoms with Crippen molar-refractivity contribution in [3.63, 3.8) is 0 Å². The molecular formula is C20H14ClN5S. The van der Waals surface area contributed by atoms with Crippen LogP contribution in [0.2, 0.25) is 5.02 Å². The Bertz CT molecular complexity index is 1020. The summed E-state index contributed by atoms with van der Waals surface area (Å²) in [5.74, 6) is 0. The molecule has 0 aliphatic carbocycles. The highest BCUT2D eigenvalue weighted by molar-refractivity contribution is 7.14. The third-order valence-corrected chi connectivity index (χ3v) is 4.81. The number of rotatable bonds is 5. The summed E-state index contributed by atoms with van der Waals surface area (Å²) >= 11 is 7.71. The molecule has 1 N–H and O–H groups in total. The molecule has 0 fully saturated rings. The third-order valence-electron chi connectivity index (χ3n) is 3.73. The van der Waals surface area contributed by atoms with Gasteiger partial charge in [-0.1, -0.05) is 41.9 Å². The fourth-order valence-corrected chi connectivity index (χ4v) is 3.36. The number of pyridine rings is 2. The van der Waals surface area contributed by atoms with Crippen molar-refractivity contribution in [2.45, 2.75) is 0 Å². The predicted molar refractivity (Wildman–Crippen MR) is 110 cm³/mol. The molecule has 5 nitrogen and oxygen atoms in total. The minimum absolute atomic E-state index is 0.644. The lowest BCUT2D eigenvalue weighted by Gasteiger charge is -2.05. The fourth-order valence-electron chi connectivity index (χ4n) is 2.47. The number of halogens is 1. The van der Waals surface area contributed by atoms with Crippen LogP contribution in [0.5, 0.6) is 0 Å². The van der Waals surface area contributed by atoms with Gasteiger partial charge in [-0.05, 0) is 30.3 Å². The zero-order valence-electron chi connectivity index (χ0n) is 14.1. The molecule has 0 atom stereocenters. The molecule has 0 bridgehead atoms. The van der Waals surface area contributed by atoms with Crippen LogP contribution >= 0.6 is 22.9 Å². The Balaban J connectivity index is 1.64. The maximum absolute atomic E-state index is 6.26. The van der Waals surface area contributed by atoms with Gasteiger partial charge in [0.15, 0.2) is 0 Å². The van der Waals surface area contributed by atoms with E-state index in [-0.39, 0.29) is 0 Å². The van der Waals surface area contributed by atoms with E-state index in [0.29, 0.717) is 15.9 Å². The van der Waals surface area contributed by atoms with Crippen molar-refractivity contribution in [1.82, 2.24) is 15.0 Å². The molecule has 4 aromatic rings. The normalized spacial score (nSPS) is 10.4. The van der Waals surface area contributed by atoms with E-state index in [1.165, 1.54) is 11.3 Å². The Morgan fingerprint density at radius 1 is 0.889 bits per heavy atom. The molecule has 0 amide bonds. The van der Waals surface area contributed by atoms with Crippen LogP contribution in [-0.2, 0) is 0 Å².